The van der Waals surface area contributed by atoms with Crippen molar-refractivity contribution in [3.63, 3.8) is 0 Å². The smallest absolute Gasteiger partial charge is 0.106 e. The van der Waals surface area contributed by atoms with Crippen LogP contribution in [-0.2, 0) is 19.4 Å². The first-order valence-corrected chi connectivity index (χ1v) is 9.41. The van der Waals surface area contributed by atoms with E-state index < -0.39 is 0 Å². The van der Waals surface area contributed by atoms with Gasteiger partial charge >= 0.3 is 0 Å². The van der Waals surface area contributed by atoms with Crippen LogP contribution in [-0.4, -0.2) is 44.2 Å². The summed E-state index contributed by atoms with van der Waals surface area (Å²) in [6, 6.07) is 10.3. The fraction of sp³-hybridized carbons (Fsp3) is 0.429. The van der Waals surface area contributed by atoms with E-state index in [2.05, 4.69) is 51.9 Å². The Morgan fingerprint density at radius 1 is 1.23 bits per heavy atom. The lowest BCUT2D eigenvalue weighted by Gasteiger charge is -2.16. The topological polar surface area (TPSA) is 65.0 Å². The molecule has 0 spiro atoms. The molecule has 4 rings (SSSR count). The van der Waals surface area contributed by atoms with Crippen LogP contribution in [0.4, 0.5) is 0 Å². The Morgan fingerprint density at radius 2 is 2.08 bits per heavy atom. The molecular formula is C21H26N4O. The third kappa shape index (κ3) is 3.37. The van der Waals surface area contributed by atoms with Gasteiger partial charge in [0, 0.05) is 49.2 Å². The lowest BCUT2D eigenvalue weighted by molar-refractivity contribution is 0.141. The zero-order valence-corrected chi connectivity index (χ0v) is 15.4. The second kappa shape index (κ2) is 7.17. The second-order valence-corrected chi connectivity index (χ2v) is 7.32. The van der Waals surface area contributed by atoms with Crippen LogP contribution >= 0.6 is 0 Å². The normalized spacial score (nSPS) is 20.9. The van der Waals surface area contributed by atoms with Crippen molar-refractivity contribution in [2.45, 2.75) is 39.3 Å². The van der Waals surface area contributed by atoms with Crippen LogP contribution in [0.3, 0.4) is 0 Å². The summed E-state index contributed by atoms with van der Waals surface area (Å²) in [5.74, 6) is 1.28. The van der Waals surface area contributed by atoms with Crippen LogP contribution in [0.1, 0.15) is 29.7 Å². The number of rotatable bonds is 5. The number of para-hydroxylation sites is 1. The van der Waals surface area contributed by atoms with Crippen LogP contribution in [0.2, 0.25) is 0 Å². The number of H-pyrrole nitrogens is 1. The fourth-order valence-corrected chi connectivity index (χ4v) is 3.98. The summed E-state index contributed by atoms with van der Waals surface area (Å²) in [4.78, 5) is 14.8. The van der Waals surface area contributed by atoms with E-state index in [0.717, 1.165) is 48.7 Å². The molecule has 0 aliphatic carbocycles. The summed E-state index contributed by atoms with van der Waals surface area (Å²) in [6.45, 7) is 6.59. The van der Waals surface area contributed by atoms with Gasteiger partial charge in [-0.05, 0) is 31.0 Å². The number of nitrogens with zero attached hydrogens (tertiary/aromatic N) is 3. The number of aryl methyl sites for hydroxylation is 2. The molecule has 5 nitrogen and oxygen atoms in total. The van der Waals surface area contributed by atoms with Gasteiger partial charge in [0.2, 0.25) is 0 Å². The first-order chi connectivity index (χ1) is 12.6. The van der Waals surface area contributed by atoms with Crippen molar-refractivity contribution >= 4 is 10.9 Å². The molecule has 1 aromatic carbocycles. The highest BCUT2D eigenvalue weighted by Gasteiger charge is 2.32. The molecule has 136 valence electrons. The fourth-order valence-electron chi connectivity index (χ4n) is 3.98. The number of benzene rings is 1. The van der Waals surface area contributed by atoms with E-state index >= 15 is 0 Å². The molecule has 2 atom stereocenters. The number of aromatic amines is 1. The molecule has 1 aliphatic rings. The minimum Gasteiger partial charge on any atom is -0.391 e. The van der Waals surface area contributed by atoms with Crippen molar-refractivity contribution in [2.24, 2.45) is 5.92 Å². The number of pyridine rings is 1. The molecule has 3 heterocycles. The van der Waals surface area contributed by atoms with E-state index in [-0.39, 0.29) is 12.0 Å². The molecule has 1 aliphatic heterocycles. The van der Waals surface area contributed by atoms with Gasteiger partial charge in [-0.15, -0.1) is 0 Å². The molecule has 0 unspecified atom stereocenters. The minimum absolute atomic E-state index is 0.241. The average molecular weight is 350 g/mol. The third-order valence-electron chi connectivity index (χ3n) is 5.45. The number of fused-ring (bicyclic) bond motifs is 1. The maximum atomic E-state index is 10.6. The van der Waals surface area contributed by atoms with Gasteiger partial charge in [-0.25, -0.2) is 4.98 Å². The van der Waals surface area contributed by atoms with Crippen molar-refractivity contribution in [3.8, 4) is 0 Å². The van der Waals surface area contributed by atoms with Gasteiger partial charge in [0.25, 0.3) is 0 Å². The Balaban J connectivity index is 1.47. The first-order valence-electron chi connectivity index (χ1n) is 9.41. The number of hydrogen-bond donors (Lipinski definition) is 2. The van der Waals surface area contributed by atoms with Gasteiger partial charge in [0.1, 0.15) is 5.82 Å². The molecule has 0 saturated carbocycles. The van der Waals surface area contributed by atoms with E-state index in [1.807, 2.05) is 18.3 Å². The standard InChI is InChI=1S/C21H26N4O/c1-3-21-23-14(2)19(24-21)12-25-11-16(20(26)13-25)10-15-8-9-22-18-7-5-4-6-17(15)18/h4-9,16,20,26H,3,10-13H2,1-2H3,(H,23,24)/t16-,20-/m1/s1. The van der Waals surface area contributed by atoms with Gasteiger partial charge in [-0.2, -0.15) is 0 Å². The Bertz CT molecular complexity index is 899. The summed E-state index contributed by atoms with van der Waals surface area (Å²) in [5.41, 5.74) is 4.53. The number of nitrogens with one attached hydrogen (secondary N) is 1. The van der Waals surface area contributed by atoms with Gasteiger partial charge in [-0.1, -0.05) is 25.1 Å². The molecule has 1 fully saturated rings. The first kappa shape index (κ1) is 17.2. The maximum Gasteiger partial charge on any atom is 0.106 e. The SMILES string of the molecule is CCc1nc(CN2C[C@@H](Cc3ccnc4ccccc34)[C@H](O)C2)c(C)[nH]1. The molecule has 2 aromatic heterocycles. The van der Waals surface area contributed by atoms with E-state index in [4.69, 9.17) is 0 Å². The van der Waals surface area contributed by atoms with E-state index in [0.29, 0.717) is 6.54 Å². The molecule has 26 heavy (non-hydrogen) atoms. The van der Waals surface area contributed by atoms with Crippen LogP contribution < -0.4 is 0 Å². The number of likely N-dealkylation sites (tertiary alicyclic amines) is 1. The number of aliphatic hydroxyl groups excluding tert-OH is 1. The summed E-state index contributed by atoms with van der Waals surface area (Å²) >= 11 is 0. The molecule has 0 amide bonds. The van der Waals surface area contributed by atoms with Crippen LogP contribution in [0.25, 0.3) is 10.9 Å². The minimum atomic E-state index is -0.299. The van der Waals surface area contributed by atoms with Crippen molar-refractivity contribution in [1.29, 1.82) is 0 Å². The van der Waals surface area contributed by atoms with Gasteiger partial charge in [-0.3, -0.25) is 9.88 Å². The largest absolute Gasteiger partial charge is 0.391 e. The zero-order chi connectivity index (χ0) is 18.1. The van der Waals surface area contributed by atoms with Gasteiger partial charge in [0.05, 0.1) is 17.3 Å². The Hall–Kier alpha value is -2.24. The molecule has 1 saturated heterocycles. The van der Waals surface area contributed by atoms with Crippen molar-refractivity contribution in [1.82, 2.24) is 19.9 Å². The molecule has 0 bridgehead atoms. The van der Waals surface area contributed by atoms with Crippen molar-refractivity contribution in [2.75, 3.05) is 13.1 Å². The summed E-state index contributed by atoms with van der Waals surface area (Å²) < 4.78 is 0. The predicted molar refractivity (Wildman–Crippen MR) is 103 cm³/mol. The lowest BCUT2D eigenvalue weighted by Crippen LogP contribution is -2.22. The Labute approximate surface area is 154 Å². The highest BCUT2D eigenvalue weighted by Crippen LogP contribution is 2.26. The Kier molecular flexibility index (Phi) is 4.74. The molecule has 2 N–H and O–H groups in total. The van der Waals surface area contributed by atoms with Crippen molar-refractivity contribution < 1.29 is 5.11 Å². The van der Waals surface area contributed by atoms with Gasteiger partial charge in [0.15, 0.2) is 0 Å². The number of β-amino-alcohol motifs (C(OH)–C–C–N with tert-alkyl or cyclic N) is 1. The Morgan fingerprint density at radius 3 is 2.88 bits per heavy atom. The molecule has 3 aromatic rings. The predicted octanol–water partition coefficient (Wildman–Crippen LogP) is 2.86. The number of aliphatic hydroxyl groups is 1. The average Bonchev–Trinajstić information content (AvgIpc) is 3.18. The summed E-state index contributed by atoms with van der Waals surface area (Å²) in [5, 5.41) is 11.8. The highest BCUT2D eigenvalue weighted by atomic mass is 16.3. The zero-order valence-electron chi connectivity index (χ0n) is 15.4. The quantitative estimate of drug-likeness (QED) is 0.743. The van der Waals surface area contributed by atoms with Crippen molar-refractivity contribution in [3.05, 3.63) is 59.3 Å². The summed E-state index contributed by atoms with van der Waals surface area (Å²) in [7, 11) is 0. The van der Waals surface area contributed by atoms with Crippen LogP contribution in [0.5, 0.6) is 0 Å². The lowest BCUT2D eigenvalue weighted by atomic mass is 9.94. The van der Waals surface area contributed by atoms with Crippen LogP contribution in [0.15, 0.2) is 36.5 Å². The second-order valence-electron chi connectivity index (χ2n) is 7.32. The van der Waals surface area contributed by atoms with Gasteiger partial charge < -0.3 is 10.1 Å². The summed E-state index contributed by atoms with van der Waals surface area (Å²) in [6.07, 6.45) is 3.37. The monoisotopic (exact) mass is 350 g/mol. The molecular weight excluding hydrogens is 324 g/mol. The van der Waals surface area contributed by atoms with E-state index in [9.17, 15) is 5.11 Å². The van der Waals surface area contributed by atoms with Crippen LogP contribution in [0, 0.1) is 12.8 Å². The molecule has 0 radical (unpaired) electrons. The number of aromatic nitrogens is 3. The highest BCUT2D eigenvalue weighted by molar-refractivity contribution is 5.81. The van der Waals surface area contributed by atoms with E-state index in [1.54, 1.807) is 0 Å². The third-order valence-corrected chi connectivity index (χ3v) is 5.45. The molecule has 5 heteroatoms. The number of imidazole rings is 1. The van der Waals surface area contributed by atoms with E-state index in [1.165, 1.54) is 10.9 Å². The maximum absolute atomic E-state index is 10.6. The number of hydrogen-bond acceptors (Lipinski definition) is 4.